The van der Waals surface area contributed by atoms with Gasteiger partial charge in [-0.1, -0.05) is 31.6 Å². The van der Waals surface area contributed by atoms with Gasteiger partial charge in [-0.05, 0) is 91.2 Å². The molecule has 4 aliphatic carbocycles. The lowest BCUT2D eigenvalue weighted by Gasteiger charge is -2.56. The Hall–Kier alpha value is -1.19. The zero-order chi connectivity index (χ0) is 18.8. The summed E-state index contributed by atoms with van der Waals surface area (Å²) in [7, 11) is 0. The van der Waals surface area contributed by atoms with E-state index in [-0.39, 0.29) is 16.9 Å². The van der Waals surface area contributed by atoms with Gasteiger partial charge in [0.15, 0.2) is 5.78 Å². The smallest absolute Gasteiger partial charge is 0.165 e. The molecule has 3 fully saturated rings. The maximum atomic E-state index is 13.4. The molecule has 1 N–H and O–H groups in total. The molecule has 0 bridgehead atoms. The van der Waals surface area contributed by atoms with E-state index in [4.69, 9.17) is 0 Å². The molecule has 4 unspecified atom stereocenters. The second kappa shape index (κ2) is 6.15. The molecule has 1 aromatic heterocycles. The first-order valence-corrected chi connectivity index (χ1v) is 11.5. The summed E-state index contributed by atoms with van der Waals surface area (Å²) in [5.41, 5.74) is 2.64. The molecule has 0 saturated heterocycles. The summed E-state index contributed by atoms with van der Waals surface area (Å²) in [5, 5.41) is 12.2. The molecule has 5 rings (SSSR count). The number of carbonyl (C=O) groups excluding carboxylic acids is 1. The van der Waals surface area contributed by atoms with Crippen molar-refractivity contribution in [2.75, 3.05) is 0 Å². The number of ketones is 1. The first kappa shape index (κ1) is 17.9. The van der Waals surface area contributed by atoms with Crippen molar-refractivity contribution in [3.05, 3.63) is 39.6 Å². The van der Waals surface area contributed by atoms with Gasteiger partial charge in [-0.2, -0.15) is 0 Å². The Morgan fingerprint density at radius 2 is 1.96 bits per heavy atom. The lowest BCUT2D eigenvalue weighted by Crippen LogP contribution is -2.50. The predicted molar refractivity (Wildman–Crippen MR) is 110 cm³/mol. The standard InChI is InChI=1S/C24H30O2S/c1-23-9-7-17(25)14-16(23)5-6-19-20(23)8-10-24(2)21(19)13-15(22(24)26)12-18-4-3-11-27-18/h3-5,11-12,17,19-21,25H,6-10,13-14H2,1-2H3/b15-12+/t17?,19?,20?,21?,23-,24-/m1/s1. The van der Waals surface area contributed by atoms with E-state index < -0.39 is 0 Å². The predicted octanol–water partition coefficient (Wildman–Crippen LogP) is 5.63. The van der Waals surface area contributed by atoms with E-state index >= 15 is 0 Å². The van der Waals surface area contributed by atoms with Crippen molar-refractivity contribution in [1.82, 2.24) is 0 Å². The van der Waals surface area contributed by atoms with E-state index in [1.807, 2.05) is 0 Å². The van der Waals surface area contributed by atoms with Crippen LogP contribution >= 0.6 is 11.3 Å². The van der Waals surface area contributed by atoms with Gasteiger partial charge in [-0.3, -0.25) is 4.79 Å². The van der Waals surface area contributed by atoms with Gasteiger partial charge in [0.2, 0.25) is 0 Å². The van der Waals surface area contributed by atoms with E-state index in [2.05, 4.69) is 43.5 Å². The lowest BCUT2D eigenvalue weighted by atomic mass is 9.48. The number of aliphatic hydroxyl groups excluding tert-OH is 1. The minimum absolute atomic E-state index is 0.150. The molecule has 0 radical (unpaired) electrons. The monoisotopic (exact) mass is 382 g/mol. The van der Waals surface area contributed by atoms with Crippen LogP contribution < -0.4 is 0 Å². The number of rotatable bonds is 1. The molecule has 27 heavy (non-hydrogen) atoms. The van der Waals surface area contributed by atoms with Crippen LogP contribution in [0.25, 0.3) is 6.08 Å². The van der Waals surface area contributed by atoms with Gasteiger partial charge in [0.25, 0.3) is 0 Å². The van der Waals surface area contributed by atoms with Gasteiger partial charge in [0.1, 0.15) is 0 Å². The van der Waals surface area contributed by atoms with E-state index in [0.717, 1.165) is 44.1 Å². The van der Waals surface area contributed by atoms with Gasteiger partial charge in [0.05, 0.1) is 6.10 Å². The number of thiophene rings is 1. The molecule has 0 aromatic carbocycles. The highest BCUT2D eigenvalue weighted by Crippen LogP contribution is 2.64. The van der Waals surface area contributed by atoms with Crippen LogP contribution in [0.3, 0.4) is 0 Å². The lowest BCUT2D eigenvalue weighted by molar-refractivity contribution is -0.130. The molecule has 4 aliphatic rings. The summed E-state index contributed by atoms with van der Waals surface area (Å²) < 4.78 is 0. The third-order valence-corrected chi connectivity index (χ3v) is 9.40. The Balaban J connectivity index is 1.49. The Bertz CT molecular complexity index is 819. The molecule has 0 spiro atoms. The summed E-state index contributed by atoms with van der Waals surface area (Å²) in [6, 6.07) is 4.18. The molecule has 144 valence electrons. The van der Waals surface area contributed by atoms with Crippen LogP contribution in [0.1, 0.15) is 63.7 Å². The van der Waals surface area contributed by atoms with Crippen molar-refractivity contribution in [3.63, 3.8) is 0 Å². The molecule has 1 aromatic rings. The Morgan fingerprint density at radius 1 is 1.15 bits per heavy atom. The Labute approximate surface area is 166 Å². The van der Waals surface area contributed by atoms with Gasteiger partial charge in [0, 0.05) is 10.3 Å². The van der Waals surface area contributed by atoms with E-state index in [1.165, 1.54) is 16.9 Å². The summed E-state index contributed by atoms with van der Waals surface area (Å²) in [6.45, 7) is 4.70. The molecule has 2 nitrogen and oxygen atoms in total. The zero-order valence-corrected chi connectivity index (χ0v) is 17.2. The second-order valence-corrected chi connectivity index (χ2v) is 10.8. The van der Waals surface area contributed by atoms with Crippen molar-refractivity contribution in [2.24, 2.45) is 28.6 Å². The van der Waals surface area contributed by atoms with Crippen LogP contribution in [0.5, 0.6) is 0 Å². The molecule has 1 heterocycles. The first-order chi connectivity index (χ1) is 12.9. The number of carbonyl (C=O) groups is 1. The molecule has 0 aliphatic heterocycles. The van der Waals surface area contributed by atoms with Crippen LogP contribution in [0.15, 0.2) is 34.7 Å². The number of hydrogen-bond donors (Lipinski definition) is 1. The van der Waals surface area contributed by atoms with Crippen molar-refractivity contribution in [2.45, 2.75) is 64.9 Å². The van der Waals surface area contributed by atoms with Gasteiger partial charge >= 0.3 is 0 Å². The molecular weight excluding hydrogens is 352 g/mol. The molecule has 6 atom stereocenters. The van der Waals surface area contributed by atoms with E-state index in [1.54, 1.807) is 11.3 Å². The topological polar surface area (TPSA) is 37.3 Å². The maximum absolute atomic E-state index is 13.4. The Kier molecular flexibility index (Phi) is 4.07. The van der Waals surface area contributed by atoms with E-state index in [0.29, 0.717) is 23.5 Å². The number of fused-ring (bicyclic) bond motifs is 5. The normalized spacial score (nSPS) is 45.2. The van der Waals surface area contributed by atoms with Crippen molar-refractivity contribution < 1.29 is 9.90 Å². The molecule has 3 heteroatoms. The fourth-order valence-corrected chi connectivity index (χ4v) is 7.67. The number of hydrogen-bond acceptors (Lipinski definition) is 3. The fraction of sp³-hybridized carbons (Fsp3) is 0.625. The highest BCUT2D eigenvalue weighted by atomic mass is 32.1. The summed E-state index contributed by atoms with van der Waals surface area (Å²) >= 11 is 1.72. The summed E-state index contributed by atoms with van der Waals surface area (Å²) in [5.74, 6) is 2.19. The average Bonchev–Trinajstić information content (AvgIpc) is 3.24. The maximum Gasteiger partial charge on any atom is 0.165 e. The quantitative estimate of drug-likeness (QED) is 0.504. The average molecular weight is 383 g/mol. The Morgan fingerprint density at radius 3 is 2.74 bits per heavy atom. The van der Waals surface area contributed by atoms with Crippen LogP contribution in [0.4, 0.5) is 0 Å². The van der Waals surface area contributed by atoms with Crippen molar-refractivity contribution in [1.29, 1.82) is 0 Å². The molecule has 3 saturated carbocycles. The SMILES string of the molecule is C[C@@]12CCC3C(CC=C4CC(O)CC[C@]43C)C1C/C(=C\c1cccs1)C2=O. The highest BCUT2D eigenvalue weighted by molar-refractivity contribution is 7.10. The van der Waals surface area contributed by atoms with Gasteiger partial charge in [-0.15, -0.1) is 11.3 Å². The van der Waals surface area contributed by atoms with Crippen LogP contribution in [0, 0.1) is 28.6 Å². The second-order valence-electron chi connectivity index (χ2n) is 9.83. The minimum atomic E-state index is -0.167. The first-order valence-electron chi connectivity index (χ1n) is 10.6. The van der Waals surface area contributed by atoms with Gasteiger partial charge in [-0.25, -0.2) is 0 Å². The molecule has 0 amide bonds. The number of allylic oxidation sites excluding steroid dienone is 2. The van der Waals surface area contributed by atoms with Crippen LogP contribution in [0.2, 0.25) is 0 Å². The highest BCUT2D eigenvalue weighted by Gasteiger charge is 2.59. The third-order valence-electron chi connectivity index (χ3n) is 8.58. The number of aliphatic hydroxyl groups is 1. The fourth-order valence-electron chi connectivity index (χ4n) is 6.99. The summed E-state index contributed by atoms with van der Waals surface area (Å²) in [4.78, 5) is 14.6. The van der Waals surface area contributed by atoms with E-state index in [9.17, 15) is 9.90 Å². The van der Waals surface area contributed by atoms with Gasteiger partial charge < -0.3 is 5.11 Å². The largest absolute Gasteiger partial charge is 0.393 e. The molecular formula is C24H30O2S. The van der Waals surface area contributed by atoms with Crippen LogP contribution in [-0.2, 0) is 4.79 Å². The third kappa shape index (κ3) is 2.57. The van der Waals surface area contributed by atoms with Crippen molar-refractivity contribution >= 4 is 23.2 Å². The van der Waals surface area contributed by atoms with Crippen molar-refractivity contribution in [3.8, 4) is 0 Å². The summed E-state index contributed by atoms with van der Waals surface area (Å²) in [6.07, 6.45) is 11.6. The zero-order valence-electron chi connectivity index (χ0n) is 16.4. The minimum Gasteiger partial charge on any atom is -0.393 e. The number of Topliss-reactive ketones (excluding diaryl/α,β-unsaturated/α-hetero) is 1. The van der Waals surface area contributed by atoms with Crippen LogP contribution in [-0.4, -0.2) is 17.0 Å².